The van der Waals surface area contributed by atoms with Crippen LogP contribution in [-0.2, 0) is 25.6 Å². The molecular weight excluding hydrogens is 658 g/mol. The zero-order chi connectivity index (χ0) is 33.2. The van der Waals surface area contributed by atoms with Gasteiger partial charge in [-0.25, -0.2) is 0 Å². The summed E-state index contributed by atoms with van der Waals surface area (Å²) in [5.41, 5.74) is 14.2. The Morgan fingerprint density at radius 1 is 0.929 bits per heavy atom. The Morgan fingerprint density at radius 3 is 1.79 bits per heavy atom. The van der Waals surface area contributed by atoms with Crippen LogP contribution in [0, 0.1) is 0 Å². The number of likely N-dealkylation sites (N-methyl/N-ethyl adjacent to an activating group) is 1. The van der Waals surface area contributed by atoms with Crippen LogP contribution >= 0.6 is 11.8 Å². The van der Waals surface area contributed by atoms with Crippen molar-refractivity contribution in [1.82, 2.24) is 10.6 Å². The van der Waals surface area contributed by atoms with Gasteiger partial charge in [0, 0.05) is 24.1 Å². The average molecular weight is 714 g/mol. The fourth-order valence-corrected chi connectivity index (χ4v) is 3.12. The Bertz CT molecular complexity index is 888. The summed E-state index contributed by atoms with van der Waals surface area (Å²) in [5, 5.41) is 6.00. The van der Waals surface area contributed by atoms with Gasteiger partial charge in [-0.2, -0.15) is 0 Å². The minimum absolute atomic E-state index is 0.0860. The summed E-state index contributed by atoms with van der Waals surface area (Å²) in [7, 11) is 3.35. The summed E-state index contributed by atoms with van der Waals surface area (Å²) >= 11 is 3.10. The van der Waals surface area contributed by atoms with E-state index in [2.05, 4.69) is 78.4 Å². The number of thioether (sulfide) groups is 1. The molecule has 42 heavy (non-hydrogen) atoms. The Labute approximate surface area is 273 Å². The van der Waals surface area contributed by atoms with Crippen molar-refractivity contribution in [1.29, 1.82) is 0 Å². The van der Waals surface area contributed by atoms with E-state index in [4.69, 9.17) is 5.73 Å². The quantitative estimate of drug-likeness (QED) is 0.180. The van der Waals surface area contributed by atoms with Crippen molar-refractivity contribution in [3.8, 4) is 11.1 Å². The molecule has 10 heteroatoms. The Kier molecular flexibility index (Phi) is 41.0. The molecule has 2 aromatic rings. The Balaban J connectivity index is -0.000000272. The van der Waals surface area contributed by atoms with Crippen molar-refractivity contribution in [2.24, 2.45) is 11.5 Å². The first-order valence-corrected chi connectivity index (χ1v) is 17.6. The number of rotatable bonds is 12. The van der Waals surface area contributed by atoms with Gasteiger partial charge in [0.1, 0.15) is 6.29 Å². The molecule has 0 spiro atoms. The number of aldehydes is 1. The first-order chi connectivity index (χ1) is 20.2. The standard InChI is InChI=1S/C17H20N2O.C5H9NO2.C5H10OS.C3H8.CH5N.CH3.Sb/c1-19-16(12-17(18)20)11-13-7-9-15(10-8-13)14-5-3-2-4-6-14;1-2-5(8)6-3-4-7;1-3-5(2)7-4-6;1-3-2;1-2;;/h2-10,16,19H,11-12H2,1H3,(H2,18,20);4H,2-3H2,1H3,(H,6,8);4-5H,3H2,1-2H3;3H2,1-2H3;2H2,1H3;1H3;. The van der Waals surface area contributed by atoms with Crippen LogP contribution in [0.25, 0.3) is 11.1 Å². The van der Waals surface area contributed by atoms with Gasteiger partial charge in [0.25, 0.3) is 0 Å². The summed E-state index contributed by atoms with van der Waals surface area (Å²) in [6, 6.07) is 18.8. The number of carbonyl (C=O) groups excluding carboxylic acids is 4. The molecular formula is C32H55N4O4SSb. The van der Waals surface area contributed by atoms with Crippen molar-refractivity contribution in [3.05, 3.63) is 60.2 Å². The van der Waals surface area contributed by atoms with Crippen molar-refractivity contribution in [2.75, 3.05) is 20.6 Å². The normalized spacial score (nSPS) is 10.2. The summed E-state index contributed by atoms with van der Waals surface area (Å²) in [4.78, 5) is 42.7. The molecule has 6 N–H and O–H groups in total. The van der Waals surface area contributed by atoms with Gasteiger partial charge in [0.2, 0.25) is 11.8 Å². The topological polar surface area (TPSA) is 144 Å². The van der Waals surface area contributed by atoms with E-state index in [1.165, 1.54) is 41.9 Å². The first kappa shape index (κ1) is 46.8. The molecule has 2 unspecified atom stereocenters. The first-order valence-electron chi connectivity index (χ1n) is 14.1. The predicted molar refractivity (Wildman–Crippen MR) is 183 cm³/mol. The monoisotopic (exact) mass is 712 g/mol. The number of amides is 2. The Hall–Kier alpha value is -2.19. The zero-order valence-electron chi connectivity index (χ0n) is 26.9. The maximum atomic E-state index is 11.0. The SMILES string of the molecule is CCC.CCC(=O)NCC=O.CCC(C)SC=O.CN.CNC(CC(N)=O)Cc1ccc(-c2ccccc2)cc1.[CH3][Sb]. The van der Waals surface area contributed by atoms with Crippen LogP contribution in [0.15, 0.2) is 54.6 Å². The predicted octanol–water partition coefficient (Wildman–Crippen LogP) is 4.97. The molecule has 2 radical (unpaired) electrons. The number of hydrogen-bond donors (Lipinski definition) is 4. The molecule has 0 fully saturated rings. The second kappa shape index (κ2) is 36.8. The third kappa shape index (κ3) is 30.8. The fraction of sp³-hybridized carbons (Fsp3) is 0.500. The molecule has 2 atom stereocenters. The van der Waals surface area contributed by atoms with Gasteiger partial charge in [-0.05, 0) is 43.6 Å². The summed E-state index contributed by atoms with van der Waals surface area (Å²) in [6.07, 6.45) is 4.58. The molecule has 0 saturated carbocycles. The third-order valence-corrected chi connectivity index (χ3v) is 5.87. The molecule has 0 saturated heterocycles. The van der Waals surface area contributed by atoms with Crippen LogP contribution in [0.5, 0.6) is 0 Å². The van der Waals surface area contributed by atoms with Gasteiger partial charge >= 0.3 is 27.9 Å². The molecule has 8 nitrogen and oxygen atoms in total. The number of benzene rings is 2. The molecule has 0 aliphatic carbocycles. The third-order valence-electron chi connectivity index (χ3n) is 4.97. The number of nitrogens with two attached hydrogens (primary N) is 2. The van der Waals surface area contributed by atoms with Crippen LogP contribution in [-0.4, -0.2) is 78.7 Å². The summed E-state index contributed by atoms with van der Waals surface area (Å²) in [5.74, 6) is -0.359. The molecule has 2 amide bonds. The number of carbonyl (C=O) groups is 4. The average Bonchev–Trinajstić information content (AvgIpc) is 3.03. The molecule has 2 rings (SSSR count). The van der Waals surface area contributed by atoms with E-state index in [1.54, 1.807) is 29.9 Å². The van der Waals surface area contributed by atoms with Crippen molar-refractivity contribution in [2.45, 2.75) is 82.9 Å². The van der Waals surface area contributed by atoms with Gasteiger partial charge < -0.3 is 26.9 Å². The molecule has 0 heterocycles. The van der Waals surface area contributed by atoms with E-state index < -0.39 is 0 Å². The molecule has 0 aromatic heterocycles. The van der Waals surface area contributed by atoms with Crippen LogP contribution in [0.4, 0.5) is 0 Å². The van der Waals surface area contributed by atoms with Gasteiger partial charge in [0.05, 0.1) is 6.54 Å². The second-order valence-electron chi connectivity index (χ2n) is 8.41. The maximum absolute atomic E-state index is 11.0. The molecule has 0 aliphatic rings. The van der Waals surface area contributed by atoms with E-state index in [0.29, 0.717) is 24.4 Å². The van der Waals surface area contributed by atoms with Crippen LogP contribution in [0.1, 0.15) is 65.9 Å². The Morgan fingerprint density at radius 2 is 1.43 bits per heavy atom. The van der Waals surface area contributed by atoms with Crippen molar-refractivity contribution in [3.63, 3.8) is 0 Å². The van der Waals surface area contributed by atoms with Gasteiger partial charge in [0.15, 0.2) is 5.62 Å². The van der Waals surface area contributed by atoms with Crippen molar-refractivity contribution >= 4 is 58.5 Å². The van der Waals surface area contributed by atoms with Gasteiger partial charge in [-0.1, -0.05) is 107 Å². The van der Waals surface area contributed by atoms with Crippen LogP contribution in [0.3, 0.4) is 0 Å². The fourth-order valence-electron chi connectivity index (χ4n) is 2.74. The van der Waals surface area contributed by atoms with Crippen molar-refractivity contribution < 1.29 is 19.2 Å². The van der Waals surface area contributed by atoms with E-state index in [-0.39, 0.29) is 24.4 Å². The summed E-state index contributed by atoms with van der Waals surface area (Å²) < 4.78 is 0. The molecule has 0 bridgehead atoms. The second-order valence-corrected chi connectivity index (χ2v) is 9.68. The minimum atomic E-state index is -0.273. The van der Waals surface area contributed by atoms with E-state index in [1.807, 2.05) is 32.2 Å². The van der Waals surface area contributed by atoms with E-state index >= 15 is 0 Å². The van der Waals surface area contributed by atoms with Gasteiger partial charge in [-0.15, -0.1) is 0 Å². The molecule has 238 valence electrons. The number of hydrogen-bond acceptors (Lipinski definition) is 7. The number of primary amides is 1. The summed E-state index contributed by atoms with van der Waals surface area (Å²) in [6.45, 7) is 10.2. The van der Waals surface area contributed by atoms with E-state index in [0.717, 1.165) is 18.5 Å². The zero-order valence-corrected chi connectivity index (χ0v) is 30.3. The molecule has 0 aliphatic heterocycles. The molecule has 2 aromatic carbocycles. The van der Waals surface area contributed by atoms with Crippen LogP contribution in [0.2, 0.25) is 4.87 Å². The number of nitrogens with one attached hydrogen (secondary N) is 2. The van der Waals surface area contributed by atoms with Crippen LogP contribution < -0.4 is 22.1 Å². The van der Waals surface area contributed by atoms with Gasteiger partial charge in [-0.3, -0.25) is 14.4 Å². The van der Waals surface area contributed by atoms with E-state index in [9.17, 15) is 19.2 Å².